The van der Waals surface area contributed by atoms with Crippen molar-refractivity contribution in [1.82, 2.24) is 0 Å². The van der Waals surface area contributed by atoms with Crippen molar-refractivity contribution in [2.45, 2.75) is 111 Å². The third-order valence-corrected chi connectivity index (χ3v) is 11.5. The summed E-state index contributed by atoms with van der Waals surface area (Å²) >= 11 is 0. The molecular formula is C46H52. The van der Waals surface area contributed by atoms with E-state index in [1.54, 1.807) is 11.1 Å². The highest BCUT2D eigenvalue weighted by Gasteiger charge is 2.42. The SMILES string of the molecule is Cc1cc(C(C)(C)C)ccc1-c1cccc2c1C=C(C1(C3=Cc4c(cccc4-c4ccc(C(C)(C)C)cc4C)C3)CCCCC1)C2. The van der Waals surface area contributed by atoms with Crippen LogP contribution >= 0.6 is 0 Å². The fourth-order valence-electron chi connectivity index (χ4n) is 8.69. The van der Waals surface area contributed by atoms with E-state index in [2.05, 4.69) is 140 Å². The van der Waals surface area contributed by atoms with E-state index in [1.807, 2.05) is 0 Å². The highest BCUT2D eigenvalue weighted by Crippen LogP contribution is 2.56. The van der Waals surface area contributed by atoms with Crippen molar-refractivity contribution in [3.8, 4) is 22.3 Å². The van der Waals surface area contributed by atoms with Gasteiger partial charge in [0, 0.05) is 5.41 Å². The summed E-state index contributed by atoms with van der Waals surface area (Å²) < 4.78 is 0. The molecule has 236 valence electrons. The molecule has 0 aliphatic heterocycles. The molecule has 3 aliphatic rings. The molecule has 4 aromatic rings. The van der Waals surface area contributed by atoms with Gasteiger partial charge >= 0.3 is 0 Å². The van der Waals surface area contributed by atoms with Gasteiger partial charge in [-0.15, -0.1) is 0 Å². The molecule has 0 unspecified atom stereocenters. The quantitative estimate of drug-likeness (QED) is 0.217. The van der Waals surface area contributed by atoms with Crippen molar-refractivity contribution in [3.63, 3.8) is 0 Å². The van der Waals surface area contributed by atoms with Crippen molar-refractivity contribution < 1.29 is 0 Å². The molecule has 1 fully saturated rings. The molecule has 0 bridgehead atoms. The largest absolute Gasteiger partial charge is 0.0613 e. The van der Waals surface area contributed by atoms with Crippen molar-refractivity contribution >= 4 is 12.2 Å². The molecule has 4 aromatic carbocycles. The number of fused-ring (bicyclic) bond motifs is 2. The van der Waals surface area contributed by atoms with Crippen LogP contribution in [0.5, 0.6) is 0 Å². The summed E-state index contributed by atoms with van der Waals surface area (Å²) in [6, 6.07) is 28.3. The molecule has 0 heteroatoms. The molecule has 0 atom stereocenters. The van der Waals surface area contributed by atoms with Crippen LogP contribution in [0.4, 0.5) is 0 Å². The zero-order valence-electron chi connectivity index (χ0n) is 29.5. The zero-order valence-corrected chi connectivity index (χ0v) is 29.5. The standard InChI is InChI=1S/C46H52/c1-30-24-34(44(3,4)5)18-20-38(30)40-16-12-14-32-26-36(28-42(32)40)46(22-10-9-11-23-46)37-27-33-15-13-17-41(43(33)29-37)39-21-19-35(25-31(39)2)45(6,7)8/h12-21,24-25,28-29H,9-11,22-23,26-27H2,1-8H3. The number of allylic oxidation sites excluding steroid dienone is 2. The Balaban J connectivity index is 1.29. The Bertz CT molecular complexity index is 1750. The Hall–Kier alpha value is -3.64. The van der Waals surface area contributed by atoms with E-state index < -0.39 is 0 Å². The summed E-state index contributed by atoms with van der Waals surface area (Å²) in [5.41, 5.74) is 20.8. The minimum Gasteiger partial charge on any atom is -0.0613 e. The first-order valence-corrected chi connectivity index (χ1v) is 17.7. The second-order valence-corrected chi connectivity index (χ2v) is 16.7. The molecule has 3 aliphatic carbocycles. The van der Waals surface area contributed by atoms with Crippen molar-refractivity contribution in [2.24, 2.45) is 5.41 Å². The zero-order chi connectivity index (χ0) is 32.4. The van der Waals surface area contributed by atoms with E-state index in [1.165, 1.54) is 98.9 Å². The summed E-state index contributed by atoms with van der Waals surface area (Å²) in [7, 11) is 0. The Kier molecular flexibility index (Phi) is 7.58. The third kappa shape index (κ3) is 5.33. The van der Waals surface area contributed by atoms with Crippen LogP contribution < -0.4 is 0 Å². The van der Waals surface area contributed by atoms with Gasteiger partial charge in [0.05, 0.1) is 0 Å². The van der Waals surface area contributed by atoms with Gasteiger partial charge in [-0.25, -0.2) is 0 Å². The van der Waals surface area contributed by atoms with Crippen LogP contribution in [0.1, 0.15) is 118 Å². The smallest absolute Gasteiger partial charge is 0.0134 e. The summed E-state index contributed by atoms with van der Waals surface area (Å²) in [5.74, 6) is 0. The lowest BCUT2D eigenvalue weighted by molar-refractivity contribution is 0.286. The second-order valence-electron chi connectivity index (χ2n) is 16.7. The summed E-state index contributed by atoms with van der Waals surface area (Å²) in [6.45, 7) is 18.4. The molecule has 0 nitrogen and oxygen atoms in total. The van der Waals surface area contributed by atoms with Crippen molar-refractivity contribution in [1.29, 1.82) is 0 Å². The van der Waals surface area contributed by atoms with Gasteiger partial charge in [0.25, 0.3) is 0 Å². The fraction of sp³-hybridized carbons (Fsp3) is 0.391. The highest BCUT2D eigenvalue weighted by molar-refractivity contribution is 5.86. The lowest BCUT2D eigenvalue weighted by Crippen LogP contribution is -2.29. The average Bonchev–Trinajstić information content (AvgIpc) is 3.66. The average molecular weight is 605 g/mol. The Morgan fingerprint density at radius 3 is 1.33 bits per heavy atom. The van der Waals surface area contributed by atoms with E-state index in [0.717, 1.165) is 12.8 Å². The van der Waals surface area contributed by atoms with Crippen LogP contribution in [0.25, 0.3) is 34.4 Å². The van der Waals surface area contributed by atoms with Crippen molar-refractivity contribution in [3.05, 3.63) is 128 Å². The predicted octanol–water partition coefficient (Wildman–Crippen LogP) is 12.8. The summed E-state index contributed by atoms with van der Waals surface area (Å²) in [4.78, 5) is 0. The number of hydrogen-bond acceptors (Lipinski definition) is 0. The van der Waals surface area contributed by atoms with Gasteiger partial charge in [-0.05, 0) is 117 Å². The normalized spacial score (nSPS) is 17.4. The van der Waals surface area contributed by atoms with E-state index in [4.69, 9.17) is 0 Å². The van der Waals surface area contributed by atoms with Gasteiger partial charge in [0.1, 0.15) is 0 Å². The minimum atomic E-state index is 0.154. The molecule has 0 heterocycles. The third-order valence-electron chi connectivity index (χ3n) is 11.5. The molecule has 0 N–H and O–H groups in total. The number of aryl methyl sites for hydroxylation is 2. The maximum absolute atomic E-state index is 2.63. The molecule has 46 heavy (non-hydrogen) atoms. The van der Waals surface area contributed by atoms with Gasteiger partial charge < -0.3 is 0 Å². The van der Waals surface area contributed by atoms with Gasteiger partial charge in [-0.1, -0.05) is 157 Å². The highest BCUT2D eigenvalue weighted by atomic mass is 14.5. The first kappa shape index (κ1) is 31.0. The molecule has 0 saturated heterocycles. The molecular weight excluding hydrogens is 553 g/mol. The lowest BCUT2D eigenvalue weighted by atomic mass is 9.63. The number of rotatable bonds is 4. The Morgan fingerprint density at radius 2 is 0.935 bits per heavy atom. The summed E-state index contributed by atoms with van der Waals surface area (Å²) in [5, 5.41) is 0. The first-order valence-electron chi connectivity index (χ1n) is 17.7. The van der Waals surface area contributed by atoms with Crippen molar-refractivity contribution in [2.75, 3.05) is 0 Å². The van der Waals surface area contributed by atoms with Gasteiger partial charge in [-0.3, -0.25) is 0 Å². The first-order chi connectivity index (χ1) is 21.8. The molecule has 0 aromatic heterocycles. The van der Waals surface area contributed by atoms with Crippen LogP contribution in [0.2, 0.25) is 0 Å². The van der Waals surface area contributed by atoms with E-state index in [9.17, 15) is 0 Å². The van der Waals surface area contributed by atoms with Gasteiger partial charge in [0.15, 0.2) is 0 Å². The molecule has 0 spiro atoms. The van der Waals surface area contributed by atoms with Gasteiger partial charge in [-0.2, -0.15) is 0 Å². The molecule has 0 radical (unpaired) electrons. The number of benzene rings is 4. The maximum atomic E-state index is 2.63. The predicted molar refractivity (Wildman–Crippen MR) is 200 cm³/mol. The van der Waals surface area contributed by atoms with Crippen LogP contribution in [0.3, 0.4) is 0 Å². The van der Waals surface area contributed by atoms with E-state index in [0.29, 0.717) is 0 Å². The monoisotopic (exact) mass is 604 g/mol. The second kappa shape index (κ2) is 11.3. The van der Waals surface area contributed by atoms with Crippen LogP contribution in [0.15, 0.2) is 83.9 Å². The van der Waals surface area contributed by atoms with Crippen LogP contribution in [-0.4, -0.2) is 0 Å². The molecule has 1 saturated carbocycles. The minimum absolute atomic E-state index is 0.154. The topological polar surface area (TPSA) is 0 Å². The summed E-state index contributed by atoms with van der Waals surface area (Å²) in [6.07, 6.45) is 14.0. The number of hydrogen-bond donors (Lipinski definition) is 0. The lowest BCUT2D eigenvalue weighted by Gasteiger charge is -2.40. The fourth-order valence-corrected chi connectivity index (χ4v) is 8.69. The maximum Gasteiger partial charge on any atom is 0.0134 e. The van der Waals surface area contributed by atoms with E-state index in [-0.39, 0.29) is 16.2 Å². The molecule has 0 amide bonds. The van der Waals surface area contributed by atoms with Gasteiger partial charge in [0.2, 0.25) is 0 Å². The van der Waals surface area contributed by atoms with E-state index >= 15 is 0 Å². The van der Waals surface area contributed by atoms with Crippen LogP contribution in [0, 0.1) is 19.3 Å². The Morgan fingerprint density at radius 1 is 0.500 bits per heavy atom. The Labute approximate surface area is 278 Å². The van der Waals surface area contributed by atoms with Crippen LogP contribution in [-0.2, 0) is 23.7 Å². The molecule has 7 rings (SSSR count).